The summed E-state index contributed by atoms with van der Waals surface area (Å²) in [7, 11) is 0. The molecule has 1 N–H and O–H groups in total. The first kappa shape index (κ1) is 9.36. The standard InChI is InChI=1S/C11H14O4/c1-3-10(2)7-4-6(12)11(5-14-11)8(10)9(13)15-7/h3,6-8,12H,1,4-5H2,2H3/t6-,7-,8-,10+,11+/m0/s1. The topological polar surface area (TPSA) is 59.1 Å². The van der Waals surface area contributed by atoms with Gasteiger partial charge in [0.2, 0.25) is 0 Å². The maximum Gasteiger partial charge on any atom is 0.313 e. The Hall–Kier alpha value is -0.870. The zero-order valence-electron chi connectivity index (χ0n) is 8.60. The van der Waals surface area contributed by atoms with Gasteiger partial charge in [0.15, 0.2) is 0 Å². The summed E-state index contributed by atoms with van der Waals surface area (Å²) in [5.74, 6) is -0.646. The molecule has 3 rings (SSSR count). The second-order valence-electron chi connectivity index (χ2n) is 4.92. The Balaban J connectivity index is 2.10. The number of aliphatic hydroxyl groups is 1. The van der Waals surface area contributed by atoms with Crippen LogP contribution in [0.4, 0.5) is 0 Å². The molecule has 15 heavy (non-hydrogen) atoms. The third kappa shape index (κ3) is 0.874. The molecule has 3 fully saturated rings. The lowest BCUT2D eigenvalue weighted by Crippen LogP contribution is -2.53. The second-order valence-corrected chi connectivity index (χ2v) is 4.92. The lowest BCUT2D eigenvalue weighted by molar-refractivity contribution is -0.144. The van der Waals surface area contributed by atoms with E-state index >= 15 is 0 Å². The van der Waals surface area contributed by atoms with Crippen LogP contribution in [0.25, 0.3) is 0 Å². The predicted molar refractivity (Wildman–Crippen MR) is 51.0 cm³/mol. The van der Waals surface area contributed by atoms with Gasteiger partial charge in [-0.2, -0.15) is 0 Å². The molecule has 0 amide bonds. The fourth-order valence-corrected chi connectivity index (χ4v) is 3.09. The van der Waals surface area contributed by atoms with E-state index in [1.54, 1.807) is 6.08 Å². The van der Waals surface area contributed by atoms with Crippen LogP contribution in [0.2, 0.25) is 0 Å². The number of rotatable bonds is 1. The van der Waals surface area contributed by atoms with Gasteiger partial charge in [-0.1, -0.05) is 13.0 Å². The molecule has 4 nitrogen and oxygen atoms in total. The molecule has 2 bridgehead atoms. The quantitative estimate of drug-likeness (QED) is 0.383. The van der Waals surface area contributed by atoms with Crippen LogP contribution >= 0.6 is 0 Å². The first-order chi connectivity index (χ1) is 7.04. The third-order valence-electron chi connectivity index (χ3n) is 4.22. The van der Waals surface area contributed by atoms with Crippen molar-refractivity contribution in [2.24, 2.45) is 11.3 Å². The Morgan fingerprint density at radius 1 is 1.67 bits per heavy atom. The molecule has 1 aliphatic carbocycles. The summed E-state index contributed by atoms with van der Waals surface area (Å²) in [5.41, 5.74) is -1.08. The van der Waals surface area contributed by atoms with E-state index in [0.717, 1.165) is 0 Å². The number of epoxide rings is 1. The minimum Gasteiger partial charge on any atom is -0.461 e. The van der Waals surface area contributed by atoms with Gasteiger partial charge in [0.1, 0.15) is 17.6 Å². The molecule has 5 atom stereocenters. The number of ether oxygens (including phenoxy) is 2. The molecule has 0 aromatic rings. The van der Waals surface area contributed by atoms with Crippen molar-refractivity contribution in [3.63, 3.8) is 0 Å². The van der Waals surface area contributed by atoms with Gasteiger partial charge in [-0.3, -0.25) is 4.79 Å². The summed E-state index contributed by atoms with van der Waals surface area (Å²) in [6.45, 7) is 6.18. The van der Waals surface area contributed by atoms with E-state index in [1.165, 1.54) is 0 Å². The molecular weight excluding hydrogens is 196 g/mol. The number of esters is 1. The second kappa shape index (κ2) is 2.44. The highest BCUT2D eigenvalue weighted by atomic mass is 16.6. The summed E-state index contributed by atoms with van der Waals surface area (Å²) in [5, 5.41) is 9.93. The maximum absolute atomic E-state index is 11.8. The predicted octanol–water partition coefficient (Wildman–Crippen LogP) is 0.254. The van der Waals surface area contributed by atoms with Gasteiger partial charge in [-0.25, -0.2) is 0 Å². The number of carbonyl (C=O) groups is 1. The highest BCUT2D eigenvalue weighted by molar-refractivity contribution is 5.80. The first-order valence-electron chi connectivity index (χ1n) is 5.21. The summed E-state index contributed by atoms with van der Waals surface area (Å²) >= 11 is 0. The van der Waals surface area contributed by atoms with E-state index in [2.05, 4.69) is 6.58 Å². The molecule has 2 saturated heterocycles. The van der Waals surface area contributed by atoms with Crippen molar-refractivity contribution in [1.29, 1.82) is 0 Å². The van der Waals surface area contributed by atoms with Crippen LogP contribution in [0.5, 0.6) is 0 Å². The molecule has 4 heteroatoms. The van der Waals surface area contributed by atoms with Gasteiger partial charge < -0.3 is 14.6 Å². The Kier molecular flexibility index (Phi) is 1.52. The summed E-state index contributed by atoms with van der Waals surface area (Å²) in [6.07, 6.45) is 1.37. The first-order valence-corrected chi connectivity index (χ1v) is 5.21. The molecule has 2 heterocycles. The largest absolute Gasteiger partial charge is 0.461 e. The fourth-order valence-electron chi connectivity index (χ4n) is 3.09. The van der Waals surface area contributed by atoms with E-state index in [-0.39, 0.29) is 12.1 Å². The molecular formula is C11H14O4. The van der Waals surface area contributed by atoms with Crippen LogP contribution in [-0.2, 0) is 14.3 Å². The molecule has 1 spiro atoms. The normalized spacial score (nSPS) is 56.7. The van der Waals surface area contributed by atoms with Crippen molar-refractivity contribution in [2.45, 2.75) is 31.2 Å². The van der Waals surface area contributed by atoms with Crippen LogP contribution in [0.15, 0.2) is 12.7 Å². The van der Waals surface area contributed by atoms with Crippen molar-refractivity contribution in [3.05, 3.63) is 12.7 Å². The van der Waals surface area contributed by atoms with Crippen molar-refractivity contribution in [1.82, 2.24) is 0 Å². The van der Waals surface area contributed by atoms with Crippen molar-refractivity contribution < 1.29 is 19.4 Å². The lowest BCUT2D eigenvalue weighted by Gasteiger charge is -2.40. The Bertz CT molecular complexity index is 346. The van der Waals surface area contributed by atoms with E-state index in [0.29, 0.717) is 13.0 Å². The minimum atomic E-state index is -0.687. The molecule has 1 saturated carbocycles. The Morgan fingerprint density at radius 2 is 2.33 bits per heavy atom. The average molecular weight is 210 g/mol. The van der Waals surface area contributed by atoms with Gasteiger partial charge in [-0.05, 0) is 0 Å². The van der Waals surface area contributed by atoms with E-state index in [1.807, 2.05) is 6.92 Å². The Morgan fingerprint density at radius 3 is 2.87 bits per heavy atom. The van der Waals surface area contributed by atoms with Gasteiger partial charge >= 0.3 is 5.97 Å². The highest BCUT2D eigenvalue weighted by Crippen LogP contribution is 2.59. The third-order valence-corrected chi connectivity index (χ3v) is 4.22. The van der Waals surface area contributed by atoms with Crippen LogP contribution in [0.1, 0.15) is 13.3 Å². The molecule has 0 aromatic heterocycles. The van der Waals surface area contributed by atoms with E-state index in [9.17, 15) is 9.90 Å². The molecule has 0 aromatic carbocycles. The fraction of sp³-hybridized carbons (Fsp3) is 0.727. The monoisotopic (exact) mass is 210 g/mol. The smallest absolute Gasteiger partial charge is 0.313 e. The zero-order valence-corrected chi connectivity index (χ0v) is 8.60. The lowest BCUT2D eigenvalue weighted by atomic mass is 9.62. The van der Waals surface area contributed by atoms with Crippen molar-refractivity contribution in [3.8, 4) is 0 Å². The van der Waals surface area contributed by atoms with E-state index < -0.39 is 23.0 Å². The van der Waals surface area contributed by atoms with Crippen LogP contribution < -0.4 is 0 Å². The van der Waals surface area contributed by atoms with Gasteiger partial charge in [0.05, 0.1) is 12.7 Å². The van der Waals surface area contributed by atoms with Gasteiger partial charge in [0.25, 0.3) is 0 Å². The molecule has 3 aliphatic rings. The SMILES string of the molecule is C=C[C@]1(C)[C@@H]2C[C@H](O)[C@]3(CO3)[C@H]1C(=O)O2. The number of hydrogen-bond acceptors (Lipinski definition) is 4. The summed E-state index contributed by atoms with van der Waals surface area (Å²) < 4.78 is 10.6. The number of aliphatic hydroxyl groups excluding tert-OH is 1. The van der Waals surface area contributed by atoms with Gasteiger partial charge in [-0.15, -0.1) is 6.58 Å². The van der Waals surface area contributed by atoms with Crippen molar-refractivity contribution in [2.75, 3.05) is 6.61 Å². The van der Waals surface area contributed by atoms with E-state index in [4.69, 9.17) is 9.47 Å². The summed E-state index contributed by atoms with van der Waals surface area (Å²) in [4.78, 5) is 11.8. The molecule has 0 unspecified atom stereocenters. The Labute approximate surface area is 87.9 Å². The molecule has 2 aliphatic heterocycles. The summed E-state index contributed by atoms with van der Waals surface area (Å²) in [6, 6.07) is 0. The highest BCUT2D eigenvalue weighted by Gasteiger charge is 2.73. The number of hydrogen-bond donors (Lipinski definition) is 1. The minimum absolute atomic E-state index is 0.252. The maximum atomic E-state index is 11.8. The van der Waals surface area contributed by atoms with Crippen LogP contribution in [0, 0.1) is 11.3 Å². The van der Waals surface area contributed by atoms with Crippen LogP contribution in [0.3, 0.4) is 0 Å². The van der Waals surface area contributed by atoms with Crippen LogP contribution in [-0.4, -0.2) is 35.5 Å². The number of carbonyl (C=O) groups excluding carboxylic acids is 1. The molecule has 0 radical (unpaired) electrons. The number of fused-ring (bicyclic) bond motifs is 3. The molecule has 82 valence electrons. The van der Waals surface area contributed by atoms with Gasteiger partial charge in [0, 0.05) is 11.8 Å². The zero-order chi connectivity index (χ0) is 10.8. The van der Waals surface area contributed by atoms with Crippen molar-refractivity contribution >= 4 is 5.97 Å². The average Bonchev–Trinajstić information content (AvgIpc) is 2.93.